The smallest absolute Gasteiger partial charge is 0.272 e. The summed E-state index contributed by atoms with van der Waals surface area (Å²) < 4.78 is 13.9. The van der Waals surface area contributed by atoms with Gasteiger partial charge in [0.2, 0.25) is 0 Å². The van der Waals surface area contributed by atoms with Crippen molar-refractivity contribution in [2.24, 2.45) is 5.10 Å². The molecule has 0 spiro atoms. The van der Waals surface area contributed by atoms with E-state index in [4.69, 9.17) is 0 Å². The second-order valence-electron chi connectivity index (χ2n) is 6.73. The fourth-order valence-corrected chi connectivity index (χ4v) is 3.74. The van der Waals surface area contributed by atoms with Crippen LogP contribution in [0.4, 0.5) is 4.39 Å². The lowest BCUT2D eigenvalue weighted by Gasteiger charge is -2.42. The topological polar surface area (TPSA) is 60.5 Å². The molecule has 2 N–H and O–H groups in total. The predicted molar refractivity (Wildman–Crippen MR) is 87.1 cm³/mol. The van der Waals surface area contributed by atoms with E-state index in [1.807, 2.05) is 0 Å². The van der Waals surface area contributed by atoms with Gasteiger partial charge in [-0.1, -0.05) is 6.92 Å². The molecule has 2 aliphatic rings. The highest BCUT2D eigenvalue weighted by atomic mass is 19.1. The van der Waals surface area contributed by atoms with Crippen LogP contribution in [0.1, 0.15) is 48.8 Å². The minimum absolute atomic E-state index is 0.232. The summed E-state index contributed by atoms with van der Waals surface area (Å²) in [5.74, 6) is -0.786. The number of carbonyl (C=O) groups excluding carboxylic acids is 1. The number of aromatic amines is 1. The fraction of sp³-hybridized carbons (Fsp3) is 0.412. The summed E-state index contributed by atoms with van der Waals surface area (Å²) in [6, 6.07) is 2.74. The van der Waals surface area contributed by atoms with Gasteiger partial charge in [-0.05, 0) is 38.9 Å². The van der Waals surface area contributed by atoms with E-state index in [2.05, 4.69) is 41.2 Å². The van der Waals surface area contributed by atoms with Crippen molar-refractivity contribution in [2.45, 2.75) is 32.7 Å². The molecule has 5 nitrogen and oxygen atoms in total. The number of benzene rings is 1. The zero-order chi connectivity index (χ0) is 16.4. The highest BCUT2D eigenvalue weighted by molar-refractivity contribution is 6.21. The number of amides is 1. The molecule has 0 atom stereocenters. The van der Waals surface area contributed by atoms with Gasteiger partial charge in [-0.15, -0.1) is 0 Å². The van der Waals surface area contributed by atoms with Gasteiger partial charge in [0.25, 0.3) is 5.91 Å². The fourth-order valence-electron chi connectivity index (χ4n) is 3.74. The van der Waals surface area contributed by atoms with Crippen LogP contribution in [0.3, 0.4) is 0 Å². The largest absolute Gasteiger partial charge is 0.356 e. The van der Waals surface area contributed by atoms with Gasteiger partial charge in [0.1, 0.15) is 5.82 Å². The van der Waals surface area contributed by atoms with Gasteiger partial charge in [-0.25, -0.2) is 9.82 Å². The van der Waals surface area contributed by atoms with Crippen molar-refractivity contribution >= 4 is 22.5 Å². The van der Waals surface area contributed by atoms with E-state index in [9.17, 15) is 9.18 Å². The Morgan fingerprint density at radius 3 is 2.91 bits per heavy atom. The molecule has 120 valence electrons. The van der Waals surface area contributed by atoms with E-state index in [1.165, 1.54) is 12.1 Å². The Hall–Kier alpha value is -2.21. The number of nitrogens with one attached hydrogen (secondary N) is 2. The van der Waals surface area contributed by atoms with E-state index in [-0.39, 0.29) is 11.4 Å². The molecule has 0 bridgehead atoms. The molecule has 3 heterocycles. The molecule has 1 amide bonds. The first-order valence-electron chi connectivity index (χ1n) is 7.91. The Kier molecular flexibility index (Phi) is 2.90. The quantitative estimate of drug-likeness (QED) is 0.895. The highest BCUT2D eigenvalue weighted by Gasteiger charge is 2.41. The van der Waals surface area contributed by atoms with Crippen LogP contribution in [0.15, 0.2) is 17.2 Å². The van der Waals surface area contributed by atoms with Crippen LogP contribution in [0.25, 0.3) is 10.9 Å². The summed E-state index contributed by atoms with van der Waals surface area (Å²) >= 11 is 0. The Bertz CT molecular complexity index is 865. The maximum atomic E-state index is 13.9. The van der Waals surface area contributed by atoms with Crippen LogP contribution in [0, 0.1) is 5.82 Å². The SMILES string of the molecule is CCCN1CC2=NNC(=O)c3cc(F)cc4[nH]c(c2c34)C1(C)C. The lowest BCUT2D eigenvalue weighted by Crippen LogP contribution is -2.49. The van der Waals surface area contributed by atoms with Crippen molar-refractivity contribution in [3.05, 3.63) is 34.8 Å². The van der Waals surface area contributed by atoms with Crippen LogP contribution >= 0.6 is 0 Å². The Labute approximate surface area is 133 Å². The average molecular weight is 314 g/mol. The molecule has 2 aliphatic heterocycles. The molecule has 2 aromatic rings. The molecule has 4 rings (SSSR count). The standard InChI is InChI=1S/C17H19FN4O/c1-4-5-22-8-12-14-13-10(16(23)21-20-12)6-9(18)7-11(13)19-15(14)17(22,2)3/h6-7,19H,4-5,8H2,1-3H3,(H,21,23). The van der Waals surface area contributed by atoms with Crippen molar-refractivity contribution in [1.29, 1.82) is 0 Å². The number of carbonyl (C=O) groups is 1. The first-order chi connectivity index (χ1) is 10.9. The Morgan fingerprint density at radius 1 is 1.39 bits per heavy atom. The van der Waals surface area contributed by atoms with E-state index >= 15 is 0 Å². The summed E-state index contributed by atoms with van der Waals surface area (Å²) in [6.45, 7) is 8.03. The van der Waals surface area contributed by atoms with Gasteiger partial charge in [0.05, 0.1) is 22.3 Å². The third-order valence-electron chi connectivity index (χ3n) is 4.92. The van der Waals surface area contributed by atoms with Crippen LogP contribution in [-0.4, -0.2) is 34.6 Å². The van der Waals surface area contributed by atoms with Gasteiger partial charge >= 0.3 is 0 Å². The predicted octanol–water partition coefficient (Wildman–Crippen LogP) is 2.72. The number of aromatic nitrogens is 1. The van der Waals surface area contributed by atoms with E-state index in [0.29, 0.717) is 17.6 Å². The minimum atomic E-state index is -0.423. The molecular formula is C17H19FN4O. The molecular weight excluding hydrogens is 295 g/mol. The second kappa shape index (κ2) is 4.64. The molecule has 6 heteroatoms. The molecule has 0 unspecified atom stereocenters. The Balaban J connectivity index is 2.08. The first kappa shape index (κ1) is 14.4. The molecule has 0 aliphatic carbocycles. The summed E-state index contributed by atoms with van der Waals surface area (Å²) in [5, 5.41) is 5.08. The number of hydrazone groups is 1. The maximum absolute atomic E-state index is 13.9. The average Bonchev–Trinajstić information content (AvgIpc) is 2.82. The highest BCUT2D eigenvalue weighted by Crippen LogP contribution is 2.40. The molecule has 23 heavy (non-hydrogen) atoms. The zero-order valence-corrected chi connectivity index (χ0v) is 13.5. The van der Waals surface area contributed by atoms with Crippen molar-refractivity contribution in [3.8, 4) is 0 Å². The molecule has 0 fully saturated rings. The van der Waals surface area contributed by atoms with Crippen LogP contribution < -0.4 is 5.43 Å². The molecule has 1 aromatic carbocycles. The van der Waals surface area contributed by atoms with Crippen LogP contribution in [-0.2, 0) is 5.54 Å². The number of rotatable bonds is 2. The van der Waals surface area contributed by atoms with Crippen molar-refractivity contribution < 1.29 is 9.18 Å². The van der Waals surface area contributed by atoms with Gasteiger partial charge in [0.15, 0.2) is 0 Å². The van der Waals surface area contributed by atoms with Gasteiger partial charge in [0, 0.05) is 23.2 Å². The summed E-state index contributed by atoms with van der Waals surface area (Å²) in [6.07, 6.45) is 1.03. The normalized spacial score (nSPS) is 19.5. The van der Waals surface area contributed by atoms with E-state index in [1.54, 1.807) is 0 Å². The lowest BCUT2D eigenvalue weighted by molar-refractivity contribution is 0.0956. The minimum Gasteiger partial charge on any atom is -0.356 e. The van der Waals surface area contributed by atoms with Gasteiger partial charge in [-0.2, -0.15) is 5.10 Å². The second-order valence-corrected chi connectivity index (χ2v) is 6.73. The first-order valence-corrected chi connectivity index (χ1v) is 7.91. The van der Waals surface area contributed by atoms with E-state index in [0.717, 1.165) is 35.3 Å². The van der Waals surface area contributed by atoms with Crippen molar-refractivity contribution in [3.63, 3.8) is 0 Å². The monoisotopic (exact) mass is 314 g/mol. The lowest BCUT2D eigenvalue weighted by atomic mass is 9.86. The summed E-state index contributed by atoms with van der Waals surface area (Å²) in [4.78, 5) is 18.0. The van der Waals surface area contributed by atoms with Gasteiger partial charge < -0.3 is 4.98 Å². The zero-order valence-electron chi connectivity index (χ0n) is 13.5. The number of hydrogen-bond acceptors (Lipinski definition) is 3. The third-order valence-corrected chi connectivity index (χ3v) is 4.92. The molecule has 0 radical (unpaired) electrons. The van der Waals surface area contributed by atoms with Crippen molar-refractivity contribution in [2.75, 3.05) is 13.1 Å². The van der Waals surface area contributed by atoms with Crippen molar-refractivity contribution in [1.82, 2.24) is 15.3 Å². The summed E-state index contributed by atoms with van der Waals surface area (Å²) in [5.41, 5.74) is 6.10. The Morgan fingerprint density at radius 2 is 2.17 bits per heavy atom. The summed E-state index contributed by atoms with van der Waals surface area (Å²) in [7, 11) is 0. The maximum Gasteiger partial charge on any atom is 0.272 e. The van der Waals surface area contributed by atoms with E-state index < -0.39 is 5.82 Å². The molecule has 0 saturated heterocycles. The van der Waals surface area contributed by atoms with Crippen LogP contribution in [0.5, 0.6) is 0 Å². The molecule has 0 saturated carbocycles. The number of nitrogens with zero attached hydrogens (tertiary/aromatic N) is 2. The third kappa shape index (κ3) is 1.88. The number of hydrogen-bond donors (Lipinski definition) is 2. The van der Waals surface area contributed by atoms with Crippen LogP contribution in [0.2, 0.25) is 0 Å². The number of halogens is 1. The molecule has 1 aromatic heterocycles. The van der Waals surface area contributed by atoms with Gasteiger partial charge in [-0.3, -0.25) is 9.69 Å². The number of H-pyrrole nitrogens is 1.